The van der Waals surface area contributed by atoms with Crippen LogP contribution in [0.5, 0.6) is 0 Å². The number of fused-ring (bicyclic) bond motifs is 3. The molecular formula is C26H29N3O4. The number of likely N-dealkylation sites (tertiary alicyclic amines) is 1. The molecule has 1 saturated heterocycles. The Balaban J connectivity index is 1.53. The number of aliphatic hydroxyl groups excluding tert-OH is 1. The topological polar surface area (TPSA) is 91.6 Å². The van der Waals surface area contributed by atoms with Crippen LogP contribution in [0.2, 0.25) is 0 Å². The van der Waals surface area contributed by atoms with Crippen LogP contribution in [0, 0.1) is 17.8 Å². The molecule has 7 nitrogen and oxygen atoms in total. The Morgan fingerprint density at radius 2 is 1.88 bits per heavy atom. The first-order valence-electron chi connectivity index (χ1n) is 11.7. The number of nitrogens with one attached hydrogen (secondary N) is 1. The molecule has 2 aliphatic heterocycles. The third kappa shape index (κ3) is 3.70. The van der Waals surface area contributed by atoms with Gasteiger partial charge in [0.15, 0.2) is 0 Å². The monoisotopic (exact) mass is 447 g/mol. The van der Waals surface area contributed by atoms with Crippen LogP contribution in [0.3, 0.4) is 0 Å². The van der Waals surface area contributed by atoms with Gasteiger partial charge in [-0.2, -0.15) is 0 Å². The number of amides is 2. The van der Waals surface area contributed by atoms with Crippen LogP contribution in [-0.4, -0.2) is 45.6 Å². The molecule has 172 valence electrons. The maximum atomic E-state index is 13.3. The van der Waals surface area contributed by atoms with Crippen molar-refractivity contribution in [2.45, 2.75) is 38.4 Å². The van der Waals surface area contributed by atoms with Crippen LogP contribution in [0.1, 0.15) is 42.6 Å². The molecule has 0 spiro atoms. The number of rotatable bonds is 6. The van der Waals surface area contributed by atoms with Crippen LogP contribution in [0.15, 0.2) is 47.3 Å². The number of aliphatic hydroxyl groups is 1. The summed E-state index contributed by atoms with van der Waals surface area (Å²) in [6.45, 7) is 2.48. The van der Waals surface area contributed by atoms with Gasteiger partial charge in [-0.1, -0.05) is 36.4 Å². The molecule has 0 radical (unpaired) electrons. The molecule has 5 rings (SSSR count). The highest BCUT2D eigenvalue weighted by molar-refractivity contribution is 5.91. The van der Waals surface area contributed by atoms with Gasteiger partial charge in [0, 0.05) is 48.7 Å². The second-order valence-corrected chi connectivity index (χ2v) is 9.19. The smallest absolute Gasteiger partial charge is 0.258 e. The Morgan fingerprint density at radius 3 is 2.55 bits per heavy atom. The van der Waals surface area contributed by atoms with Crippen molar-refractivity contribution in [3.05, 3.63) is 69.6 Å². The van der Waals surface area contributed by atoms with Crippen LogP contribution in [0.25, 0.3) is 12.2 Å². The summed E-state index contributed by atoms with van der Waals surface area (Å²) >= 11 is 0. The van der Waals surface area contributed by atoms with Gasteiger partial charge in [-0.05, 0) is 43.5 Å². The number of hydrogen-bond donors (Lipinski definition) is 2. The SMILES string of the molecule is CCNC(=O)[C@H]1[C@H](CO)[C@H]2Cn3c(ccc(/C=C/c4ccccc4)c3=O)[C@H]2N1C(=O)C1CC1. The molecule has 0 unspecified atom stereocenters. The second kappa shape index (κ2) is 8.63. The summed E-state index contributed by atoms with van der Waals surface area (Å²) in [5, 5.41) is 13.1. The van der Waals surface area contributed by atoms with Gasteiger partial charge in [0.2, 0.25) is 11.8 Å². The van der Waals surface area contributed by atoms with E-state index in [0.717, 1.165) is 24.1 Å². The van der Waals surface area contributed by atoms with E-state index in [1.807, 2.05) is 55.5 Å². The number of carbonyl (C=O) groups excluding carboxylic acids is 2. The fraction of sp³-hybridized carbons (Fsp3) is 0.423. The van der Waals surface area contributed by atoms with Crippen molar-refractivity contribution in [1.29, 1.82) is 0 Å². The van der Waals surface area contributed by atoms with Crippen LogP contribution in [0.4, 0.5) is 0 Å². The molecule has 1 aliphatic carbocycles. The number of aromatic nitrogens is 1. The predicted octanol–water partition coefficient (Wildman–Crippen LogP) is 2.05. The Hall–Kier alpha value is -3.19. The first-order chi connectivity index (χ1) is 16.0. The van der Waals surface area contributed by atoms with Crippen molar-refractivity contribution in [3.8, 4) is 0 Å². The molecule has 4 atom stereocenters. The van der Waals surface area contributed by atoms with Gasteiger partial charge in [-0.25, -0.2) is 0 Å². The van der Waals surface area contributed by atoms with E-state index >= 15 is 0 Å². The van der Waals surface area contributed by atoms with Crippen molar-refractivity contribution >= 4 is 24.0 Å². The average Bonchev–Trinajstić information content (AvgIpc) is 3.53. The molecule has 33 heavy (non-hydrogen) atoms. The predicted molar refractivity (Wildman–Crippen MR) is 125 cm³/mol. The van der Waals surface area contributed by atoms with E-state index in [2.05, 4.69) is 5.32 Å². The summed E-state index contributed by atoms with van der Waals surface area (Å²) in [4.78, 5) is 41.3. The quantitative estimate of drug-likeness (QED) is 0.709. The van der Waals surface area contributed by atoms with Gasteiger partial charge in [0.05, 0.1) is 6.04 Å². The average molecular weight is 448 g/mol. The normalized spacial score (nSPS) is 25.8. The van der Waals surface area contributed by atoms with E-state index in [4.69, 9.17) is 0 Å². The first-order valence-corrected chi connectivity index (χ1v) is 11.7. The third-order valence-electron chi connectivity index (χ3n) is 7.16. The Labute approximate surface area is 192 Å². The van der Waals surface area contributed by atoms with Gasteiger partial charge in [0.1, 0.15) is 6.04 Å². The second-order valence-electron chi connectivity index (χ2n) is 9.19. The zero-order valence-electron chi connectivity index (χ0n) is 18.7. The first kappa shape index (κ1) is 21.6. The van der Waals surface area contributed by atoms with Crippen LogP contribution >= 0.6 is 0 Å². The summed E-state index contributed by atoms with van der Waals surface area (Å²) in [5.41, 5.74) is 2.22. The molecule has 1 aromatic carbocycles. The molecule has 3 heterocycles. The fourth-order valence-electron chi connectivity index (χ4n) is 5.44. The van der Waals surface area contributed by atoms with Gasteiger partial charge in [0.25, 0.3) is 5.56 Å². The maximum Gasteiger partial charge on any atom is 0.258 e. The molecule has 2 fully saturated rings. The summed E-state index contributed by atoms with van der Waals surface area (Å²) in [6, 6.07) is 12.4. The van der Waals surface area contributed by atoms with E-state index in [-0.39, 0.29) is 41.9 Å². The van der Waals surface area contributed by atoms with E-state index < -0.39 is 12.0 Å². The number of carbonyl (C=O) groups is 2. The molecule has 1 saturated carbocycles. The highest BCUT2D eigenvalue weighted by Gasteiger charge is 2.58. The minimum Gasteiger partial charge on any atom is -0.396 e. The number of hydrogen-bond acceptors (Lipinski definition) is 4. The summed E-state index contributed by atoms with van der Waals surface area (Å²) in [6.07, 6.45) is 5.38. The Kier molecular flexibility index (Phi) is 5.66. The minimum atomic E-state index is -0.709. The van der Waals surface area contributed by atoms with Crippen molar-refractivity contribution < 1.29 is 14.7 Å². The standard InChI is InChI=1S/C26H29N3O4/c1-2-27-24(31)23-20(15-30)19-14-28-21(22(19)29(23)26(33)18-10-11-18)13-12-17(25(28)32)9-8-16-6-4-3-5-7-16/h3-9,12-13,18-20,22-23,30H,2,10-11,14-15H2,1H3,(H,27,31)/b9-8+/t19-,20-,22+,23-/m1/s1. The van der Waals surface area contributed by atoms with Crippen LogP contribution in [-0.2, 0) is 16.1 Å². The lowest BCUT2D eigenvalue weighted by atomic mass is 9.88. The zero-order chi connectivity index (χ0) is 23.1. The number of nitrogens with zero attached hydrogens (tertiary/aromatic N) is 2. The lowest BCUT2D eigenvalue weighted by molar-refractivity contribution is -0.142. The molecule has 7 heteroatoms. The molecule has 1 aromatic heterocycles. The van der Waals surface area contributed by atoms with Gasteiger partial charge in [-0.3, -0.25) is 14.4 Å². The molecule has 0 bridgehead atoms. The van der Waals surface area contributed by atoms with Gasteiger partial charge < -0.3 is 19.9 Å². The molecule has 2 aromatic rings. The Morgan fingerprint density at radius 1 is 1.12 bits per heavy atom. The van der Waals surface area contributed by atoms with E-state index in [0.29, 0.717) is 18.7 Å². The largest absolute Gasteiger partial charge is 0.396 e. The number of pyridine rings is 1. The number of benzene rings is 1. The molecule has 3 aliphatic rings. The Bertz CT molecular complexity index is 1150. The lowest BCUT2D eigenvalue weighted by Crippen LogP contribution is -2.50. The highest BCUT2D eigenvalue weighted by Crippen LogP contribution is 2.51. The maximum absolute atomic E-state index is 13.3. The third-order valence-corrected chi connectivity index (χ3v) is 7.16. The molecule has 2 amide bonds. The molecular weight excluding hydrogens is 418 g/mol. The van der Waals surface area contributed by atoms with Gasteiger partial charge in [-0.15, -0.1) is 0 Å². The van der Waals surface area contributed by atoms with E-state index in [1.54, 1.807) is 15.5 Å². The fourth-order valence-corrected chi connectivity index (χ4v) is 5.44. The summed E-state index contributed by atoms with van der Waals surface area (Å²) < 4.78 is 1.73. The van der Waals surface area contributed by atoms with Crippen LogP contribution < -0.4 is 10.9 Å². The highest BCUT2D eigenvalue weighted by atomic mass is 16.3. The minimum absolute atomic E-state index is 0.0360. The van der Waals surface area contributed by atoms with E-state index in [9.17, 15) is 19.5 Å². The van der Waals surface area contributed by atoms with Crippen molar-refractivity contribution in [2.24, 2.45) is 17.8 Å². The summed E-state index contributed by atoms with van der Waals surface area (Å²) in [7, 11) is 0. The summed E-state index contributed by atoms with van der Waals surface area (Å²) in [5.74, 6) is -0.908. The van der Waals surface area contributed by atoms with Gasteiger partial charge >= 0.3 is 0 Å². The van der Waals surface area contributed by atoms with Crippen molar-refractivity contribution in [2.75, 3.05) is 13.2 Å². The zero-order valence-corrected chi connectivity index (χ0v) is 18.7. The number of likely N-dealkylation sites (N-methyl/N-ethyl adjacent to an activating group) is 1. The lowest BCUT2D eigenvalue weighted by Gasteiger charge is -2.31. The van der Waals surface area contributed by atoms with Crippen molar-refractivity contribution in [1.82, 2.24) is 14.8 Å². The van der Waals surface area contributed by atoms with E-state index in [1.165, 1.54) is 0 Å². The van der Waals surface area contributed by atoms with Crippen molar-refractivity contribution in [3.63, 3.8) is 0 Å². The molecule has 2 N–H and O–H groups in total.